The molecule has 0 aromatic heterocycles. The number of carbonyl (C=O) groups excluding carboxylic acids is 1. The Morgan fingerprint density at radius 2 is 1.54 bits per heavy atom. The van der Waals surface area contributed by atoms with Gasteiger partial charge < -0.3 is 0 Å². The van der Waals surface area contributed by atoms with Crippen molar-refractivity contribution in [1.82, 2.24) is 0 Å². The Kier molecular flexibility index (Phi) is 5.75. The first-order chi connectivity index (χ1) is 13.2. The predicted molar refractivity (Wildman–Crippen MR) is 119 cm³/mol. The number of halogens is 1. The van der Waals surface area contributed by atoms with E-state index in [4.69, 9.17) is 4.18 Å². The number of hydrogen-bond acceptors (Lipinski definition) is 4. The van der Waals surface area contributed by atoms with Crippen molar-refractivity contribution in [3.8, 4) is 0 Å². The van der Waals surface area contributed by atoms with Crippen LogP contribution in [0.5, 0.6) is 0 Å². The van der Waals surface area contributed by atoms with Crippen LogP contribution in [0.25, 0.3) is 0 Å². The van der Waals surface area contributed by atoms with Gasteiger partial charge in [-0.3, -0.25) is 8.98 Å². The van der Waals surface area contributed by atoms with Gasteiger partial charge in [0.05, 0.1) is 11.5 Å². The van der Waals surface area contributed by atoms with E-state index in [9.17, 15) is 13.2 Å². The van der Waals surface area contributed by atoms with Crippen LogP contribution in [0.1, 0.15) is 97.3 Å². The zero-order valence-corrected chi connectivity index (χ0v) is 20.3. The second-order valence-corrected chi connectivity index (χ2v) is 14.5. The Balaban J connectivity index is 1.80. The second-order valence-electron chi connectivity index (χ2n) is 10.3. The van der Waals surface area contributed by atoms with Crippen LogP contribution >= 0.6 is 22.6 Å². The van der Waals surface area contributed by atoms with Crippen LogP contribution in [-0.2, 0) is 19.1 Å². The summed E-state index contributed by atoms with van der Waals surface area (Å²) in [7, 11) is -3.89. The van der Waals surface area contributed by atoms with E-state index >= 15 is 0 Å². The molecule has 4 aliphatic rings. The number of alkyl halides is 1. The van der Waals surface area contributed by atoms with Crippen molar-refractivity contribution in [3.63, 3.8) is 0 Å². The molecule has 0 aromatic rings. The van der Waals surface area contributed by atoms with Crippen LogP contribution in [0.2, 0.25) is 0 Å². The van der Waals surface area contributed by atoms with Gasteiger partial charge in [0.15, 0.2) is 2.75 Å². The van der Waals surface area contributed by atoms with Crippen LogP contribution < -0.4 is 0 Å². The zero-order valence-electron chi connectivity index (χ0n) is 17.3. The second kappa shape index (κ2) is 7.47. The van der Waals surface area contributed by atoms with Gasteiger partial charge in [-0.2, -0.15) is 8.42 Å². The smallest absolute Gasteiger partial charge is 0.284 e. The molecule has 0 amide bonds. The van der Waals surface area contributed by atoms with Gasteiger partial charge in [-0.1, -0.05) is 75.0 Å². The van der Waals surface area contributed by atoms with E-state index < -0.39 is 18.3 Å². The van der Waals surface area contributed by atoms with Crippen molar-refractivity contribution in [2.24, 2.45) is 22.7 Å². The molecule has 3 unspecified atom stereocenters. The minimum atomic E-state index is -3.89. The van der Waals surface area contributed by atoms with E-state index in [1.807, 2.05) is 0 Å². The normalized spacial score (nSPS) is 36.5. The number of Topliss-reactive ketones (excluding diaryl/α,β-unsaturated/α-hetero) is 1. The lowest BCUT2D eigenvalue weighted by molar-refractivity contribution is -0.131. The van der Waals surface area contributed by atoms with E-state index in [-0.39, 0.29) is 23.2 Å². The number of fused-ring (bicyclic) bond motifs is 2. The van der Waals surface area contributed by atoms with Gasteiger partial charge in [-0.25, -0.2) is 0 Å². The van der Waals surface area contributed by atoms with Gasteiger partial charge in [-0.05, 0) is 55.8 Å². The Hall–Kier alpha value is 0.310. The van der Waals surface area contributed by atoms with Crippen molar-refractivity contribution in [2.45, 2.75) is 106 Å². The summed E-state index contributed by atoms with van der Waals surface area (Å²) in [5.41, 5.74) is -1.09. The third-order valence-electron chi connectivity index (χ3n) is 8.79. The average molecular weight is 522 g/mol. The summed E-state index contributed by atoms with van der Waals surface area (Å²) in [6.45, 7) is 4.31. The van der Waals surface area contributed by atoms with Crippen molar-refractivity contribution in [1.29, 1.82) is 0 Å². The third kappa shape index (κ3) is 2.89. The molecular weight excluding hydrogens is 487 g/mol. The van der Waals surface area contributed by atoms with Gasteiger partial charge in [0, 0.05) is 6.42 Å². The van der Waals surface area contributed by atoms with E-state index in [1.165, 1.54) is 6.42 Å². The number of rotatable bonds is 5. The lowest BCUT2D eigenvalue weighted by Crippen LogP contribution is -2.61. The van der Waals surface area contributed by atoms with Crippen LogP contribution in [0, 0.1) is 22.7 Å². The lowest BCUT2D eigenvalue weighted by Gasteiger charge is -2.52. The fraction of sp³-hybridized carbons (Fsp3) is 0.955. The molecule has 4 aliphatic carbocycles. The van der Waals surface area contributed by atoms with Gasteiger partial charge in [0.1, 0.15) is 5.78 Å². The maximum atomic E-state index is 14.0. The van der Waals surface area contributed by atoms with Crippen molar-refractivity contribution in [2.75, 3.05) is 0 Å². The molecule has 0 aliphatic heterocycles. The Morgan fingerprint density at radius 3 is 2.04 bits per heavy atom. The summed E-state index contributed by atoms with van der Waals surface area (Å²) >= 11 is 2.22. The highest BCUT2D eigenvalue weighted by Gasteiger charge is 2.77. The molecule has 6 heteroatoms. The Labute approximate surface area is 184 Å². The van der Waals surface area contributed by atoms with E-state index in [0.717, 1.165) is 64.2 Å². The number of ketones is 1. The fourth-order valence-corrected chi connectivity index (χ4v) is 11.6. The first-order valence-corrected chi connectivity index (χ1v) is 13.8. The molecule has 0 N–H and O–H groups in total. The third-order valence-corrected chi connectivity index (χ3v) is 14.1. The molecule has 4 fully saturated rings. The highest BCUT2D eigenvalue weighted by Crippen LogP contribution is 2.73. The van der Waals surface area contributed by atoms with E-state index in [0.29, 0.717) is 18.8 Å². The minimum Gasteiger partial charge on any atom is -0.299 e. The van der Waals surface area contributed by atoms with Crippen LogP contribution in [0.4, 0.5) is 0 Å². The molecule has 4 rings (SSSR count). The minimum absolute atomic E-state index is 0.00974. The summed E-state index contributed by atoms with van der Waals surface area (Å²) in [5, 5.41) is 0. The highest BCUT2D eigenvalue weighted by molar-refractivity contribution is 14.1. The molecule has 0 aromatic carbocycles. The lowest BCUT2D eigenvalue weighted by atomic mass is 9.62. The number of carbonyl (C=O) groups is 1. The molecule has 4 nitrogen and oxygen atoms in total. The van der Waals surface area contributed by atoms with Crippen LogP contribution in [0.15, 0.2) is 0 Å². The van der Waals surface area contributed by atoms with Crippen LogP contribution in [-0.4, -0.2) is 23.1 Å². The summed E-state index contributed by atoms with van der Waals surface area (Å²) in [6, 6.07) is 0. The summed E-state index contributed by atoms with van der Waals surface area (Å²) in [5.74, 6) is 0.502. The maximum Gasteiger partial charge on any atom is 0.284 e. The first kappa shape index (κ1) is 21.5. The molecule has 0 heterocycles. The molecule has 0 saturated heterocycles. The number of hydrogen-bond donors (Lipinski definition) is 0. The molecule has 28 heavy (non-hydrogen) atoms. The zero-order chi connectivity index (χ0) is 20.2. The van der Waals surface area contributed by atoms with Gasteiger partial charge in [-0.15, -0.1) is 0 Å². The Bertz CT molecular complexity index is 721. The summed E-state index contributed by atoms with van der Waals surface area (Å²) in [6.07, 6.45) is 12.0. The van der Waals surface area contributed by atoms with Crippen molar-refractivity contribution < 1.29 is 17.4 Å². The van der Waals surface area contributed by atoms with E-state index in [1.54, 1.807) is 0 Å². The molecule has 2 bridgehead atoms. The fourth-order valence-electron chi connectivity index (χ4n) is 7.13. The largest absolute Gasteiger partial charge is 0.299 e. The summed E-state index contributed by atoms with van der Waals surface area (Å²) < 4.78 is 33.0. The van der Waals surface area contributed by atoms with Crippen LogP contribution in [0.3, 0.4) is 0 Å². The van der Waals surface area contributed by atoms with Gasteiger partial charge in [0.25, 0.3) is 10.1 Å². The SMILES string of the molecule is CC1(C)C2CCC1(C(I)(C1CCCCC1)S(=O)(=O)OC1CCCCC1)C(=O)C2. The van der Waals surface area contributed by atoms with Gasteiger partial charge >= 0.3 is 0 Å². The topological polar surface area (TPSA) is 60.4 Å². The average Bonchev–Trinajstić information content (AvgIpc) is 3.04. The highest BCUT2D eigenvalue weighted by atomic mass is 127. The maximum absolute atomic E-state index is 14.0. The predicted octanol–water partition coefficient (Wildman–Crippen LogP) is 5.77. The van der Waals surface area contributed by atoms with Crippen molar-refractivity contribution >= 4 is 38.5 Å². The monoisotopic (exact) mass is 522 g/mol. The van der Waals surface area contributed by atoms with E-state index in [2.05, 4.69) is 36.4 Å². The standard InChI is InChI=1S/C22H35IO4S/c1-20(2)17-13-14-21(20,19(24)15-17)22(23,16-9-5-3-6-10-16)28(25,26)27-18-11-7-4-8-12-18/h16-18H,3-15H2,1-2H3. The van der Waals surface area contributed by atoms with Crippen molar-refractivity contribution in [3.05, 3.63) is 0 Å². The van der Waals surface area contributed by atoms with Gasteiger partial charge in [0.2, 0.25) is 0 Å². The molecular formula is C22H35IO4S. The Morgan fingerprint density at radius 1 is 0.964 bits per heavy atom. The molecule has 4 saturated carbocycles. The summed E-state index contributed by atoms with van der Waals surface area (Å²) in [4.78, 5) is 13.5. The molecule has 0 spiro atoms. The first-order valence-electron chi connectivity index (χ1n) is 11.3. The molecule has 160 valence electrons. The molecule has 0 radical (unpaired) electrons. The quantitative estimate of drug-likeness (QED) is 0.261. The molecule has 3 atom stereocenters.